The molecule has 4 rings (SSSR count). The molecule has 5 nitrogen and oxygen atoms in total. The van der Waals surface area contributed by atoms with Gasteiger partial charge < -0.3 is 4.42 Å². The Hall–Kier alpha value is -3.38. The lowest BCUT2D eigenvalue weighted by atomic mass is 10.1. The number of benzene rings is 2. The fourth-order valence-electron chi connectivity index (χ4n) is 3.21. The summed E-state index contributed by atoms with van der Waals surface area (Å²) in [6.45, 7) is 3.74. The molecule has 0 radical (unpaired) electrons. The topological polar surface area (TPSA) is 67.6 Å². The van der Waals surface area contributed by atoms with E-state index in [1.807, 2.05) is 43.3 Å². The van der Waals surface area contributed by atoms with E-state index in [2.05, 4.69) is 0 Å². The molecule has 0 aliphatic carbocycles. The van der Waals surface area contributed by atoms with Crippen molar-refractivity contribution in [2.75, 3.05) is 0 Å². The van der Waals surface area contributed by atoms with Gasteiger partial charge in [0, 0.05) is 17.2 Å². The molecule has 2 amide bonds. The predicted molar refractivity (Wildman–Crippen MR) is 117 cm³/mol. The number of ketones is 1. The lowest BCUT2D eigenvalue weighted by Crippen LogP contribution is -2.27. The number of carbonyl (C=O) groups is 3. The first-order valence-corrected chi connectivity index (χ1v) is 10.2. The van der Waals surface area contributed by atoms with E-state index in [1.54, 1.807) is 30.3 Å². The van der Waals surface area contributed by atoms with Crippen molar-refractivity contribution >= 4 is 34.8 Å². The van der Waals surface area contributed by atoms with Crippen molar-refractivity contribution in [1.82, 2.24) is 4.90 Å². The standard InChI is InChI=1S/C24H19NO4S/c1-15-4-3-5-17(12-15)14-25-23(27)22(30-24(25)28)13-20-10-11-21(29-20)19-8-6-18(7-9-19)16(2)26/h3-13H,14H2,1-2H3/b22-13+. The van der Waals surface area contributed by atoms with E-state index in [1.165, 1.54) is 11.8 Å². The number of nitrogens with zero attached hydrogens (tertiary/aromatic N) is 1. The van der Waals surface area contributed by atoms with E-state index < -0.39 is 0 Å². The van der Waals surface area contributed by atoms with Crippen LogP contribution in [-0.2, 0) is 11.3 Å². The van der Waals surface area contributed by atoms with Gasteiger partial charge in [-0.3, -0.25) is 19.3 Å². The van der Waals surface area contributed by atoms with Gasteiger partial charge in [-0.05, 0) is 43.3 Å². The van der Waals surface area contributed by atoms with Crippen molar-refractivity contribution in [2.45, 2.75) is 20.4 Å². The quantitative estimate of drug-likeness (QED) is 0.394. The van der Waals surface area contributed by atoms with Crippen LogP contribution in [0.3, 0.4) is 0 Å². The molecule has 0 unspecified atom stereocenters. The minimum absolute atomic E-state index is 0.00284. The van der Waals surface area contributed by atoms with E-state index in [4.69, 9.17) is 4.42 Å². The molecular formula is C24H19NO4S. The van der Waals surface area contributed by atoms with Crippen LogP contribution >= 0.6 is 11.8 Å². The van der Waals surface area contributed by atoms with E-state index in [9.17, 15) is 14.4 Å². The van der Waals surface area contributed by atoms with Crippen LogP contribution < -0.4 is 0 Å². The number of carbonyl (C=O) groups excluding carboxylic acids is 3. The number of furan rings is 1. The van der Waals surface area contributed by atoms with E-state index in [0.717, 1.165) is 28.5 Å². The van der Waals surface area contributed by atoms with Gasteiger partial charge in [-0.2, -0.15) is 0 Å². The Morgan fingerprint density at radius 3 is 2.53 bits per heavy atom. The van der Waals surface area contributed by atoms with Gasteiger partial charge in [0.1, 0.15) is 11.5 Å². The van der Waals surface area contributed by atoms with E-state index in [0.29, 0.717) is 22.0 Å². The summed E-state index contributed by atoms with van der Waals surface area (Å²) in [4.78, 5) is 38.1. The highest BCUT2D eigenvalue weighted by molar-refractivity contribution is 8.18. The number of imide groups is 1. The van der Waals surface area contributed by atoms with Crippen LogP contribution in [0.5, 0.6) is 0 Å². The first kappa shape index (κ1) is 19.9. The average Bonchev–Trinajstić information content (AvgIpc) is 3.29. The summed E-state index contributed by atoms with van der Waals surface area (Å²) in [6.07, 6.45) is 1.59. The first-order chi connectivity index (χ1) is 14.4. The Morgan fingerprint density at radius 2 is 1.83 bits per heavy atom. The van der Waals surface area contributed by atoms with Gasteiger partial charge >= 0.3 is 0 Å². The molecule has 30 heavy (non-hydrogen) atoms. The molecular weight excluding hydrogens is 398 g/mol. The number of rotatable bonds is 5. The van der Waals surface area contributed by atoms with E-state index in [-0.39, 0.29) is 23.5 Å². The van der Waals surface area contributed by atoms with Crippen LogP contribution in [0.1, 0.15) is 34.2 Å². The third kappa shape index (κ3) is 4.14. The number of thioether (sulfide) groups is 1. The summed E-state index contributed by atoms with van der Waals surface area (Å²) >= 11 is 0.911. The molecule has 150 valence electrons. The zero-order chi connectivity index (χ0) is 21.3. The summed E-state index contributed by atoms with van der Waals surface area (Å²) in [5.41, 5.74) is 3.45. The Kier molecular flexibility index (Phi) is 5.42. The van der Waals surface area contributed by atoms with Crippen molar-refractivity contribution in [1.29, 1.82) is 0 Å². The van der Waals surface area contributed by atoms with Crippen molar-refractivity contribution in [3.05, 3.63) is 88.0 Å². The number of aryl methyl sites for hydroxylation is 1. The molecule has 1 aromatic heterocycles. The third-order valence-electron chi connectivity index (χ3n) is 4.77. The predicted octanol–water partition coefficient (Wildman–Crippen LogP) is 5.69. The maximum atomic E-state index is 12.7. The van der Waals surface area contributed by atoms with Gasteiger partial charge in [-0.1, -0.05) is 54.1 Å². The molecule has 1 fully saturated rings. The maximum absolute atomic E-state index is 12.7. The summed E-state index contributed by atoms with van der Waals surface area (Å²) in [5.74, 6) is 0.787. The smallest absolute Gasteiger partial charge is 0.293 e. The molecule has 3 aromatic rings. The largest absolute Gasteiger partial charge is 0.457 e. The van der Waals surface area contributed by atoms with Gasteiger partial charge in [-0.15, -0.1) is 0 Å². The van der Waals surface area contributed by atoms with Crippen LogP contribution in [0.15, 0.2) is 70.0 Å². The molecule has 6 heteroatoms. The third-order valence-corrected chi connectivity index (χ3v) is 5.68. The Morgan fingerprint density at radius 1 is 1.07 bits per heavy atom. The van der Waals surface area contributed by atoms with Gasteiger partial charge in [-0.25, -0.2) is 0 Å². The molecule has 2 heterocycles. The molecule has 0 N–H and O–H groups in total. The molecule has 1 aliphatic rings. The lowest BCUT2D eigenvalue weighted by Gasteiger charge is -2.12. The van der Waals surface area contributed by atoms with Crippen molar-refractivity contribution in [3.63, 3.8) is 0 Å². The average molecular weight is 417 g/mol. The molecule has 1 saturated heterocycles. The first-order valence-electron chi connectivity index (χ1n) is 9.43. The zero-order valence-corrected chi connectivity index (χ0v) is 17.4. The molecule has 0 bridgehead atoms. The molecule has 2 aromatic carbocycles. The van der Waals surface area contributed by atoms with Crippen molar-refractivity contribution < 1.29 is 18.8 Å². The number of Topliss-reactive ketones (excluding diaryl/α,β-unsaturated/α-hetero) is 1. The monoisotopic (exact) mass is 417 g/mol. The SMILES string of the molecule is CC(=O)c1ccc(-c2ccc(/C=C3/SC(=O)N(Cc4cccc(C)c4)C3=O)o2)cc1. The van der Waals surface area contributed by atoms with Gasteiger partial charge in [0.2, 0.25) is 0 Å². The van der Waals surface area contributed by atoms with Gasteiger partial charge in [0.05, 0.1) is 11.4 Å². The second kappa shape index (κ2) is 8.16. The van der Waals surface area contributed by atoms with Gasteiger partial charge in [0.25, 0.3) is 11.1 Å². The molecule has 0 spiro atoms. The lowest BCUT2D eigenvalue weighted by molar-refractivity contribution is -0.123. The molecule has 0 atom stereocenters. The summed E-state index contributed by atoms with van der Waals surface area (Å²) in [6, 6.07) is 18.4. The summed E-state index contributed by atoms with van der Waals surface area (Å²) in [7, 11) is 0. The second-order valence-electron chi connectivity index (χ2n) is 7.09. The number of hydrogen-bond donors (Lipinski definition) is 0. The highest BCUT2D eigenvalue weighted by atomic mass is 32.2. The second-order valence-corrected chi connectivity index (χ2v) is 8.09. The molecule has 1 aliphatic heterocycles. The summed E-state index contributed by atoms with van der Waals surface area (Å²) in [5, 5.41) is -0.292. The minimum Gasteiger partial charge on any atom is -0.457 e. The van der Waals surface area contributed by atoms with Crippen LogP contribution in [0.2, 0.25) is 0 Å². The highest BCUT2D eigenvalue weighted by Gasteiger charge is 2.35. The Bertz CT molecular complexity index is 1170. The fourth-order valence-corrected chi connectivity index (χ4v) is 4.03. The van der Waals surface area contributed by atoms with Crippen LogP contribution in [0.25, 0.3) is 17.4 Å². The Labute approximate surface area is 178 Å². The van der Waals surface area contributed by atoms with Crippen molar-refractivity contribution in [3.8, 4) is 11.3 Å². The Balaban J connectivity index is 1.52. The van der Waals surface area contributed by atoms with Crippen LogP contribution in [0, 0.1) is 6.92 Å². The minimum atomic E-state index is -0.324. The summed E-state index contributed by atoms with van der Waals surface area (Å²) < 4.78 is 5.83. The van der Waals surface area contributed by atoms with Gasteiger partial charge in [0.15, 0.2) is 5.78 Å². The molecule has 0 saturated carbocycles. The van der Waals surface area contributed by atoms with Crippen LogP contribution in [-0.4, -0.2) is 21.8 Å². The normalized spacial score (nSPS) is 15.3. The number of amides is 2. The van der Waals surface area contributed by atoms with E-state index >= 15 is 0 Å². The number of hydrogen-bond acceptors (Lipinski definition) is 5. The maximum Gasteiger partial charge on any atom is 0.293 e. The highest BCUT2D eigenvalue weighted by Crippen LogP contribution is 2.34. The van der Waals surface area contributed by atoms with Crippen LogP contribution in [0.4, 0.5) is 4.79 Å². The zero-order valence-electron chi connectivity index (χ0n) is 16.5. The van der Waals surface area contributed by atoms with Crippen molar-refractivity contribution in [2.24, 2.45) is 0 Å². The fraction of sp³-hybridized carbons (Fsp3) is 0.125.